The molecule has 4 aromatic rings. The number of piperidine rings is 1. The first kappa shape index (κ1) is 25.3. The highest BCUT2D eigenvalue weighted by molar-refractivity contribution is 6.02. The molecule has 1 aliphatic heterocycles. The Morgan fingerprint density at radius 1 is 1.13 bits per heavy atom. The molecule has 0 saturated carbocycles. The van der Waals surface area contributed by atoms with Crippen LogP contribution in [-0.2, 0) is 11.8 Å². The summed E-state index contributed by atoms with van der Waals surface area (Å²) < 4.78 is 9.49. The first-order valence-corrected chi connectivity index (χ1v) is 12.5. The van der Waals surface area contributed by atoms with E-state index in [0.717, 1.165) is 48.5 Å². The fourth-order valence-electron chi connectivity index (χ4n) is 4.86. The van der Waals surface area contributed by atoms with Crippen molar-refractivity contribution in [3.63, 3.8) is 0 Å². The van der Waals surface area contributed by atoms with Crippen molar-refractivity contribution in [3.05, 3.63) is 55.8 Å². The number of hydrogen-bond acceptors (Lipinski definition) is 8. The predicted molar refractivity (Wildman–Crippen MR) is 149 cm³/mol. The fraction of sp³-hybridized carbons (Fsp3) is 0.333. The van der Waals surface area contributed by atoms with Gasteiger partial charge in [-0.15, -0.1) is 0 Å². The van der Waals surface area contributed by atoms with Gasteiger partial charge in [0.15, 0.2) is 5.65 Å². The average molecular weight is 516 g/mol. The highest BCUT2D eigenvalue weighted by atomic mass is 16.5. The van der Waals surface area contributed by atoms with Crippen molar-refractivity contribution in [3.8, 4) is 17.0 Å². The number of nitrogens with zero attached hydrogens (tertiary/aromatic N) is 7. The quantitative estimate of drug-likeness (QED) is 0.344. The number of ether oxygens (including phenoxy) is 1. The number of rotatable bonds is 8. The van der Waals surface area contributed by atoms with E-state index in [2.05, 4.69) is 56.2 Å². The van der Waals surface area contributed by atoms with Gasteiger partial charge in [0.2, 0.25) is 5.91 Å². The predicted octanol–water partition coefficient (Wildman–Crippen LogP) is 3.54. The molecule has 1 aromatic carbocycles. The third-order valence-corrected chi connectivity index (χ3v) is 6.96. The van der Waals surface area contributed by atoms with Crippen molar-refractivity contribution in [1.29, 1.82) is 0 Å². The summed E-state index contributed by atoms with van der Waals surface area (Å²) in [5.41, 5.74) is 4.84. The van der Waals surface area contributed by atoms with E-state index in [-0.39, 0.29) is 5.91 Å². The van der Waals surface area contributed by atoms with Crippen molar-refractivity contribution < 1.29 is 9.53 Å². The Bertz CT molecular complexity index is 1460. The number of carbonyl (C=O) groups is 1. The van der Waals surface area contributed by atoms with Gasteiger partial charge in [-0.05, 0) is 39.1 Å². The van der Waals surface area contributed by atoms with E-state index in [1.807, 2.05) is 36.0 Å². The van der Waals surface area contributed by atoms with E-state index in [1.54, 1.807) is 30.4 Å². The van der Waals surface area contributed by atoms with Gasteiger partial charge in [-0.3, -0.25) is 13.9 Å². The van der Waals surface area contributed by atoms with Crippen molar-refractivity contribution in [2.45, 2.75) is 18.9 Å². The van der Waals surface area contributed by atoms with Crippen molar-refractivity contribution in [2.75, 3.05) is 49.8 Å². The van der Waals surface area contributed by atoms with Gasteiger partial charge in [-0.25, -0.2) is 9.97 Å². The summed E-state index contributed by atoms with van der Waals surface area (Å²) >= 11 is 0. The summed E-state index contributed by atoms with van der Waals surface area (Å²) in [6.07, 6.45) is 12.5. The minimum atomic E-state index is -0.274. The smallest absolute Gasteiger partial charge is 0.247 e. The zero-order valence-corrected chi connectivity index (χ0v) is 22.2. The molecule has 0 spiro atoms. The Morgan fingerprint density at radius 3 is 2.58 bits per heavy atom. The molecule has 0 radical (unpaired) electrons. The number of carbonyl (C=O) groups excluding carboxylic acids is 1. The van der Waals surface area contributed by atoms with E-state index in [9.17, 15) is 4.79 Å². The molecule has 11 nitrogen and oxygen atoms in total. The molecule has 2 N–H and O–H groups in total. The topological polar surface area (TPSA) is 105 Å². The molecule has 0 bridgehead atoms. The van der Waals surface area contributed by atoms with Crippen LogP contribution in [0.3, 0.4) is 0 Å². The monoisotopic (exact) mass is 515 g/mol. The highest BCUT2D eigenvalue weighted by Gasteiger charge is 2.24. The first-order chi connectivity index (χ1) is 18.4. The Hall–Kier alpha value is -4.38. The second kappa shape index (κ2) is 10.5. The Balaban J connectivity index is 1.49. The third-order valence-electron chi connectivity index (χ3n) is 6.96. The lowest BCUT2D eigenvalue weighted by Gasteiger charge is -2.37. The molecule has 3 aromatic heterocycles. The van der Waals surface area contributed by atoms with Crippen LogP contribution in [0.4, 0.5) is 22.9 Å². The van der Waals surface area contributed by atoms with E-state index in [4.69, 9.17) is 4.74 Å². The van der Waals surface area contributed by atoms with Gasteiger partial charge in [-0.1, -0.05) is 6.58 Å². The van der Waals surface area contributed by atoms with Gasteiger partial charge in [-0.2, -0.15) is 5.10 Å². The molecule has 4 heterocycles. The van der Waals surface area contributed by atoms with Crippen LogP contribution in [0.1, 0.15) is 12.8 Å². The molecule has 38 heavy (non-hydrogen) atoms. The molecule has 11 heteroatoms. The van der Waals surface area contributed by atoms with E-state index >= 15 is 0 Å². The summed E-state index contributed by atoms with van der Waals surface area (Å²) in [6, 6.07) is 4.39. The summed E-state index contributed by atoms with van der Waals surface area (Å²) in [7, 11) is 7.75. The van der Waals surface area contributed by atoms with Gasteiger partial charge in [0.1, 0.15) is 11.6 Å². The molecule has 0 aliphatic carbocycles. The number of benzene rings is 1. The first-order valence-electron chi connectivity index (χ1n) is 12.5. The largest absolute Gasteiger partial charge is 0.494 e. The van der Waals surface area contributed by atoms with Crippen molar-refractivity contribution >= 4 is 34.4 Å². The summed E-state index contributed by atoms with van der Waals surface area (Å²) in [5, 5.41) is 10.6. The normalized spacial score (nSPS) is 14.2. The number of aryl methyl sites for hydroxylation is 1. The van der Waals surface area contributed by atoms with E-state index < -0.39 is 0 Å². The maximum Gasteiger partial charge on any atom is 0.247 e. The lowest BCUT2D eigenvalue weighted by Crippen LogP contribution is -2.42. The summed E-state index contributed by atoms with van der Waals surface area (Å²) in [4.78, 5) is 25.9. The lowest BCUT2D eigenvalue weighted by atomic mass is 10.0. The molecule has 1 saturated heterocycles. The fourth-order valence-corrected chi connectivity index (χ4v) is 4.86. The van der Waals surface area contributed by atoms with Gasteiger partial charge in [0.05, 0.1) is 54.7 Å². The number of amides is 1. The number of methoxy groups -OCH3 is 1. The van der Waals surface area contributed by atoms with Crippen LogP contribution < -0.4 is 20.3 Å². The number of fused-ring (bicyclic) bond motifs is 1. The highest BCUT2D eigenvalue weighted by Crippen LogP contribution is 2.39. The van der Waals surface area contributed by atoms with Crippen LogP contribution in [0.25, 0.3) is 16.9 Å². The minimum Gasteiger partial charge on any atom is -0.494 e. The van der Waals surface area contributed by atoms with Crippen LogP contribution in [0.5, 0.6) is 5.75 Å². The van der Waals surface area contributed by atoms with E-state index in [1.165, 1.54) is 6.08 Å². The molecule has 0 atom stereocenters. The molecule has 0 unspecified atom stereocenters. The molecule has 1 aliphatic rings. The van der Waals surface area contributed by atoms with Crippen LogP contribution >= 0.6 is 0 Å². The van der Waals surface area contributed by atoms with Gasteiger partial charge in [0, 0.05) is 44.0 Å². The SMILES string of the molecule is C=CC(=O)Nc1cc(Nc2cn3c(-c4cnn(C)c4)cnc3cn2)c(OC)cc1N1CCC(N(C)C)CC1. The number of aromatic nitrogens is 5. The van der Waals surface area contributed by atoms with Crippen LogP contribution in [0.2, 0.25) is 0 Å². The number of hydrogen-bond donors (Lipinski definition) is 2. The standard InChI is InChI=1S/C27H33N9O2/c1-6-27(37)32-20-11-21(24(38-5)12-22(20)35-9-7-19(8-10-35)33(2)3)31-25-17-36-23(14-29-26(36)15-28-25)18-13-30-34(4)16-18/h6,11-17,19,31H,1,7-10H2,2-5H3,(H,32,37). The average Bonchev–Trinajstić information content (AvgIpc) is 3.54. The van der Waals surface area contributed by atoms with Crippen LogP contribution in [0.15, 0.2) is 55.8 Å². The van der Waals surface area contributed by atoms with Crippen LogP contribution in [-0.4, -0.2) is 75.3 Å². The zero-order chi connectivity index (χ0) is 26.8. The number of nitrogens with one attached hydrogen (secondary N) is 2. The maximum atomic E-state index is 12.3. The molecule has 198 valence electrons. The third kappa shape index (κ3) is 5.05. The van der Waals surface area contributed by atoms with Gasteiger partial charge >= 0.3 is 0 Å². The molecular formula is C27H33N9O2. The number of anilines is 4. The number of imidazole rings is 1. The molecule has 1 fully saturated rings. The van der Waals surface area contributed by atoms with Crippen molar-refractivity contribution in [1.82, 2.24) is 29.0 Å². The van der Waals surface area contributed by atoms with E-state index in [0.29, 0.717) is 29.0 Å². The Kier molecular flexibility index (Phi) is 7.01. The lowest BCUT2D eigenvalue weighted by molar-refractivity contribution is -0.111. The zero-order valence-electron chi connectivity index (χ0n) is 22.2. The molecular weight excluding hydrogens is 482 g/mol. The van der Waals surface area contributed by atoms with Gasteiger partial charge in [0.25, 0.3) is 0 Å². The van der Waals surface area contributed by atoms with Crippen LogP contribution in [0, 0.1) is 0 Å². The minimum absolute atomic E-state index is 0.274. The Morgan fingerprint density at radius 2 is 1.92 bits per heavy atom. The maximum absolute atomic E-state index is 12.3. The second-order valence-electron chi connectivity index (χ2n) is 9.62. The molecule has 1 amide bonds. The summed E-state index contributed by atoms with van der Waals surface area (Å²) in [5.74, 6) is 0.968. The van der Waals surface area contributed by atoms with Gasteiger partial charge < -0.3 is 25.2 Å². The second-order valence-corrected chi connectivity index (χ2v) is 9.62. The molecule has 5 rings (SSSR count). The van der Waals surface area contributed by atoms with Crippen molar-refractivity contribution in [2.24, 2.45) is 7.05 Å². The Labute approximate surface area is 221 Å². The summed E-state index contributed by atoms with van der Waals surface area (Å²) in [6.45, 7) is 5.38.